The second kappa shape index (κ2) is 8.44. The standard InChI is InChI=1S/C21H27N5O5/c1-22-20(29)31-12-13-7-9-25(10-8-13)14-3-4-15-17(11-14)24(2)21(30)26(15)16-5-6-18(27)23-19(16)28/h3-4,11,13,16H,5-10,12H2,1-2H3,(H,22,29)(H,23,27,28). The molecule has 2 aliphatic rings. The van der Waals surface area contributed by atoms with E-state index in [1.165, 1.54) is 4.57 Å². The SMILES string of the molecule is CNC(=O)OCC1CCN(c2ccc3c(c2)n(C)c(=O)n3C2CCC(=O)NC2=O)CC1. The van der Waals surface area contributed by atoms with E-state index in [9.17, 15) is 19.2 Å². The number of benzene rings is 1. The van der Waals surface area contributed by atoms with Crippen molar-refractivity contribution in [2.24, 2.45) is 13.0 Å². The fraction of sp³-hybridized carbons (Fsp3) is 0.524. The highest BCUT2D eigenvalue weighted by atomic mass is 16.5. The summed E-state index contributed by atoms with van der Waals surface area (Å²) in [5.74, 6) is -0.410. The zero-order valence-electron chi connectivity index (χ0n) is 17.7. The molecule has 10 nitrogen and oxygen atoms in total. The monoisotopic (exact) mass is 429 g/mol. The van der Waals surface area contributed by atoms with E-state index in [1.807, 2.05) is 18.2 Å². The lowest BCUT2D eigenvalue weighted by molar-refractivity contribution is -0.135. The average molecular weight is 429 g/mol. The molecule has 3 amide bonds. The molecule has 1 unspecified atom stereocenters. The molecule has 0 spiro atoms. The Kier molecular flexibility index (Phi) is 5.71. The van der Waals surface area contributed by atoms with Crippen LogP contribution in [-0.4, -0.2) is 53.8 Å². The number of imidazole rings is 1. The number of piperidine rings is 2. The van der Waals surface area contributed by atoms with E-state index in [1.54, 1.807) is 18.7 Å². The molecular formula is C21H27N5O5. The van der Waals surface area contributed by atoms with Crippen LogP contribution in [0.25, 0.3) is 11.0 Å². The number of nitrogens with zero attached hydrogens (tertiary/aromatic N) is 3. The molecule has 2 saturated heterocycles. The molecule has 0 saturated carbocycles. The normalized spacial score (nSPS) is 20.1. The van der Waals surface area contributed by atoms with Crippen LogP contribution in [0.5, 0.6) is 0 Å². The number of hydrogen-bond acceptors (Lipinski definition) is 6. The third-order valence-corrected chi connectivity index (χ3v) is 6.23. The van der Waals surface area contributed by atoms with Crippen LogP contribution in [0.15, 0.2) is 23.0 Å². The molecule has 166 valence electrons. The molecule has 1 aromatic heterocycles. The molecular weight excluding hydrogens is 402 g/mol. The van der Waals surface area contributed by atoms with Crippen LogP contribution in [0.2, 0.25) is 0 Å². The maximum absolute atomic E-state index is 12.9. The number of nitrogens with one attached hydrogen (secondary N) is 2. The van der Waals surface area contributed by atoms with Gasteiger partial charge in [0, 0.05) is 39.3 Å². The number of aromatic nitrogens is 2. The van der Waals surface area contributed by atoms with Crippen molar-refractivity contribution in [1.82, 2.24) is 19.8 Å². The molecule has 3 heterocycles. The van der Waals surface area contributed by atoms with Gasteiger partial charge in [0.05, 0.1) is 17.6 Å². The van der Waals surface area contributed by atoms with Gasteiger partial charge in [-0.25, -0.2) is 9.59 Å². The van der Waals surface area contributed by atoms with Crippen molar-refractivity contribution in [3.63, 3.8) is 0 Å². The third-order valence-electron chi connectivity index (χ3n) is 6.23. The summed E-state index contributed by atoms with van der Waals surface area (Å²) in [5.41, 5.74) is 2.16. The molecule has 0 radical (unpaired) electrons. The number of rotatable bonds is 4. The number of ether oxygens (including phenoxy) is 1. The van der Waals surface area contributed by atoms with Gasteiger partial charge in [-0.05, 0) is 43.4 Å². The smallest absolute Gasteiger partial charge is 0.406 e. The Morgan fingerprint density at radius 2 is 1.90 bits per heavy atom. The number of hydrogen-bond donors (Lipinski definition) is 2. The number of alkyl carbamates (subject to hydrolysis) is 1. The van der Waals surface area contributed by atoms with Crippen molar-refractivity contribution in [1.29, 1.82) is 0 Å². The summed E-state index contributed by atoms with van der Waals surface area (Å²) in [7, 11) is 3.24. The van der Waals surface area contributed by atoms with Gasteiger partial charge < -0.3 is 15.0 Å². The lowest BCUT2D eigenvalue weighted by Crippen LogP contribution is -2.44. The van der Waals surface area contributed by atoms with Crippen molar-refractivity contribution >= 4 is 34.6 Å². The molecule has 1 aromatic carbocycles. The van der Waals surface area contributed by atoms with Gasteiger partial charge in [-0.2, -0.15) is 0 Å². The Hall–Kier alpha value is -3.30. The summed E-state index contributed by atoms with van der Waals surface area (Å²) in [6, 6.07) is 5.12. The minimum atomic E-state index is -0.684. The first-order valence-electron chi connectivity index (χ1n) is 10.5. The highest BCUT2D eigenvalue weighted by molar-refractivity contribution is 6.00. The number of carbonyl (C=O) groups is 3. The van der Waals surface area contributed by atoms with E-state index >= 15 is 0 Å². The van der Waals surface area contributed by atoms with E-state index in [-0.39, 0.29) is 18.0 Å². The molecule has 2 aliphatic heterocycles. The Labute approximate surface area is 179 Å². The van der Waals surface area contributed by atoms with Crippen LogP contribution in [0.4, 0.5) is 10.5 Å². The van der Waals surface area contributed by atoms with Crippen molar-refractivity contribution in [2.75, 3.05) is 31.6 Å². The first-order valence-corrected chi connectivity index (χ1v) is 10.5. The van der Waals surface area contributed by atoms with Gasteiger partial charge >= 0.3 is 11.8 Å². The quantitative estimate of drug-likeness (QED) is 0.698. The number of anilines is 1. The number of aryl methyl sites for hydroxylation is 1. The maximum Gasteiger partial charge on any atom is 0.406 e. The predicted molar refractivity (Wildman–Crippen MR) is 114 cm³/mol. The maximum atomic E-state index is 12.9. The molecule has 2 fully saturated rings. The Morgan fingerprint density at radius 3 is 2.58 bits per heavy atom. The second-order valence-corrected chi connectivity index (χ2v) is 8.13. The highest BCUT2D eigenvalue weighted by Crippen LogP contribution is 2.29. The Bertz CT molecular complexity index is 1080. The molecule has 0 aliphatic carbocycles. The molecule has 31 heavy (non-hydrogen) atoms. The van der Waals surface area contributed by atoms with Crippen LogP contribution in [0.1, 0.15) is 31.7 Å². The van der Waals surface area contributed by atoms with Crippen LogP contribution < -0.4 is 21.2 Å². The van der Waals surface area contributed by atoms with Crippen LogP contribution >= 0.6 is 0 Å². The minimum Gasteiger partial charge on any atom is -0.449 e. The lowest BCUT2D eigenvalue weighted by atomic mass is 9.97. The minimum absolute atomic E-state index is 0.218. The molecule has 1 atom stereocenters. The summed E-state index contributed by atoms with van der Waals surface area (Å²) < 4.78 is 8.21. The predicted octanol–water partition coefficient (Wildman–Crippen LogP) is 0.890. The largest absolute Gasteiger partial charge is 0.449 e. The van der Waals surface area contributed by atoms with Crippen molar-refractivity contribution in [3.05, 3.63) is 28.7 Å². The summed E-state index contributed by atoms with van der Waals surface area (Å²) in [6.45, 7) is 2.07. The van der Waals surface area contributed by atoms with Crippen molar-refractivity contribution < 1.29 is 19.1 Å². The summed E-state index contributed by atoms with van der Waals surface area (Å²) >= 11 is 0. The van der Waals surface area contributed by atoms with Gasteiger partial charge in [-0.15, -0.1) is 0 Å². The number of fused-ring (bicyclic) bond motifs is 1. The third kappa shape index (κ3) is 4.01. The zero-order valence-corrected chi connectivity index (χ0v) is 17.7. The second-order valence-electron chi connectivity index (χ2n) is 8.13. The van der Waals surface area contributed by atoms with Gasteiger partial charge in [0.2, 0.25) is 11.8 Å². The number of amides is 3. The van der Waals surface area contributed by atoms with Gasteiger partial charge in [-0.1, -0.05) is 0 Å². The fourth-order valence-corrected chi connectivity index (χ4v) is 4.40. The number of imide groups is 1. The van der Waals surface area contributed by atoms with Gasteiger partial charge in [0.15, 0.2) is 0 Å². The van der Waals surface area contributed by atoms with Crippen LogP contribution in [-0.2, 0) is 21.4 Å². The van der Waals surface area contributed by atoms with Crippen molar-refractivity contribution in [2.45, 2.75) is 31.7 Å². The fourth-order valence-electron chi connectivity index (χ4n) is 4.40. The van der Waals surface area contributed by atoms with Crippen molar-refractivity contribution in [3.8, 4) is 0 Å². The van der Waals surface area contributed by atoms with E-state index < -0.39 is 18.0 Å². The van der Waals surface area contributed by atoms with E-state index in [0.717, 1.165) is 37.1 Å². The zero-order chi connectivity index (χ0) is 22.1. The lowest BCUT2D eigenvalue weighted by Gasteiger charge is -2.33. The summed E-state index contributed by atoms with van der Waals surface area (Å²) in [4.78, 5) is 50.2. The molecule has 10 heteroatoms. The van der Waals surface area contributed by atoms with E-state index in [0.29, 0.717) is 24.5 Å². The van der Waals surface area contributed by atoms with Gasteiger partial charge in [0.25, 0.3) is 0 Å². The topological polar surface area (TPSA) is 115 Å². The molecule has 2 aromatic rings. The average Bonchev–Trinajstić information content (AvgIpc) is 3.02. The number of carbonyl (C=O) groups excluding carboxylic acids is 3. The summed E-state index contributed by atoms with van der Waals surface area (Å²) in [5, 5.41) is 4.78. The molecule has 2 N–H and O–H groups in total. The van der Waals surface area contributed by atoms with E-state index in [2.05, 4.69) is 15.5 Å². The van der Waals surface area contributed by atoms with Gasteiger partial charge in [0.1, 0.15) is 6.04 Å². The molecule has 0 bridgehead atoms. The van der Waals surface area contributed by atoms with Crippen LogP contribution in [0.3, 0.4) is 0 Å². The van der Waals surface area contributed by atoms with Gasteiger partial charge in [-0.3, -0.25) is 24.0 Å². The highest BCUT2D eigenvalue weighted by Gasteiger charge is 2.31. The first-order chi connectivity index (χ1) is 14.9. The Balaban J connectivity index is 1.53. The van der Waals surface area contributed by atoms with Crippen LogP contribution in [0, 0.1) is 5.92 Å². The molecule has 4 rings (SSSR count). The Morgan fingerprint density at radius 1 is 1.16 bits per heavy atom. The first kappa shape index (κ1) is 21.0. The van der Waals surface area contributed by atoms with E-state index in [4.69, 9.17) is 4.74 Å². The summed E-state index contributed by atoms with van der Waals surface area (Å²) in [6.07, 6.45) is 1.94.